The highest BCUT2D eigenvalue weighted by Gasteiger charge is 2.25. The van der Waals surface area contributed by atoms with Crippen molar-refractivity contribution in [1.29, 1.82) is 5.26 Å². The first kappa shape index (κ1) is 15.8. The highest BCUT2D eigenvalue weighted by molar-refractivity contribution is 5.70. The minimum absolute atomic E-state index is 0.182. The van der Waals surface area contributed by atoms with E-state index in [9.17, 15) is 18.4 Å². The maximum Gasteiger partial charge on any atom is 0.283 e. The lowest BCUT2D eigenvalue weighted by atomic mass is 10.0. The molecule has 0 fully saturated rings. The Balaban J connectivity index is 2.30. The van der Waals surface area contributed by atoms with Crippen molar-refractivity contribution in [2.75, 3.05) is 0 Å². The molecular weight excluding hydrogens is 315 g/mol. The van der Waals surface area contributed by atoms with Crippen molar-refractivity contribution in [2.24, 2.45) is 0 Å². The largest absolute Gasteiger partial charge is 0.283 e. The number of alkyl halides is 2. The van der Waals surface area contributed by atoms with Crippen molar-refractivity contribution in [1.82, 2.24) is 9.78 Å². The second-order valence-electron chi connectivity index (χ2n) is 5.28. The van der Waals surface area contributed by atoms with Gasteiger partial charge in [-0.2, -0.15) is 10.4 Å². The van der Waals surface area contributed by atoms with Gasteiger partial charge < -0.3 is 0 Å². The van der Waals surface area contributed by atoms with Crippen LogP contribution in [0.5, 0.6) is 0 Å². The third-order valence-corrected chi connectivity index (χ3v) is 3.63. The molecule has 0 amide bonds. The Morgan fingerprint density at radius 1 is 1.04 bits per heavy atom. The molecule has 0 aliphatic heterocycles. The quantitative estimate of drug-likeness (QED) is 0.693. The molecule has 0 N–H and O–H groups in total. The third kappa shape index (κ3) is 2.76. The van der Waals surface area contributed by atoms with E-state index in [0.29, 0.717) is 11.3 Å². The Kier molecular flexibility index (Phi) is 4.09. The molecule has 0 bridgehead atoms. The molecule has 0 aliphatic carbocycles. The summed E-state index contributed by atoms with van der Waals surface area (Å²) < 4.78 is 41.0. The van der Waals surface area contributed by atoms with Crippen molar-refractivity contribution < 1.29 is 13.2 Å². The molecule has 3 nitrogen and oxygen atoms in total. The fourth-order valence-electron chi connectivity index (χ4n) is 2.45. The van der Waals surface area contributed by atoms with E-state index in [4.69, 9.17) is 0 Å². The smallest absolute Gasteiger partial charge is 0.231 e. The van der Waals surface area contributed by atoms with Crippen LogP contribution in [0.25, 0.3) is 16.9 Å². The number of nitrogens with zero attached hydrogens (tertiary/aromatic N) is 3. The lowest BCUT2D eigenvalue weighted by molar-refractivity contribution is 0.145. The number of benzene rings is 2. The molecule has 1 heterocycles. The third-order valence-electron chi connectivity index (χ3n) is 3.63. The Labute approximate surface area is 136 Å². The summed E-state index contributed by atoms with van der Waals surface area (Å²) in [5, 5.41) is 13.3. The first-order valence-corrected chi connectivity index (χ1v) is 7.15. The molecule has 1 aromatic heterocycles. The SMILES string of the molecule is Cc1ccc(-c2c(C#N)c(C(F)F)nn2-c2ccc(F)cc2)cc1. The molecule has 2 aromatic carbocycles. The van der Waals surface area contributed by atoms with Crippen molar-refractivity contribution >= 4 is 0 Å². The molecule has 0 radical (unpaired) electrons. The van der Waals surface area contributed by atoms with Crippen LogP contribution < -0.4 is 0 Å². The van der Waals surface area contributed by atoms with E-state index in [0.717, 1.165) is 5.56 Å². The molecular formula is C18H12F3N3. The summed E-state index contributed by atoms with van der Waals surface area (Å²) >= 11 is 0. The second kappa shape index (κ2) is 6.20. The summed E-state index contributed by atoms with van der Waals surface area (Å²) in [4.78, 5) is 0. The summed E-state index contributed by atoms with van der Waals surface area (Å²) in [6.45, 7) is 1.90. The Bertz CT molecular complexity index is 904. The first-order valence-electron chi connectivity index (χ1n) is 7.15. The Morgan fingerprint density at radius 2 is 1.67 bits per heavy atom. The molecule has 6 heteroatoms. The normalized spacial score (nSPS) is 10.8. The highest BCUT2D eigenvalue weighted by Crippen LogP contribution is 2.33. The number of aryl methyl sites for hydroxylation is 1. The van der Waals surface area contributed by atoms with Gasteiger partial charge in [0.1, 0.15) is 23.1 Å². The highest BCUT2D eigenvalue weighted by atomic mass is 19.3. The van der Waals surface area contributed by atoms with Crippen molar-refractivity contribution in [3.8, 4) is 23.0 Å². The van der Waals surface area contributed by atoms with E-state index in [2.05, 4.69) is 5.10 Å². The van der Waals surface area contributed by atoms with Crippen LogP contribution in [-0.4, -0.2) is 9.78 Å². The molecule has 0 spiro atoms. The number of nitriles is 1. The first-order chi connectivity index (χ1) is 11.5. The van der Waals surface area contributed by atoms with Gasteiger partial charge in [-0.3, -0.25) is 0 Å². The van der Waals surface area contributed by atoms with Gasteiger partial charge in [-0.05, 0) is 31.2 Å². The summed E-state index contributed by atoms with van der Waals surface area (Å²) in [6.07, 6.45) is -2.88. The van der Waals surface area contributed by atoms with E-state index in [1.54, 1.807) is 12.1 Å². The average Bonchev–Trinajstić information content (AvgIpc) is 2.96. The molecule has 0 saturated carbocycles. The molecule has 0 atom stereocenters. The number of rotatable bonds is 3. The molecule has 0 unspecified atom stereocenters. The van der Waals surface area contributed by atoms with Gasteiger partial charge in [-0.25, -0.2) is 17.9 Å². The monoisotopic (exact) mass is 327 g/mol. The zero-order chi connectivity index (χ0) is 17.3. The summed E-state index contributed by atoms with van der Waals surface area (Å²) in [7, 11) is 0. The van der Waals surface area contributed by atoms with Gasteiger partial charge in [0.15, 0.2) is 0 Å². The molecule has 0 saturated heterocycles. The number of halogens is 3. The Morgan fingerprint density at radius 3 is 2.21 bits per heavy atom. The van der Waals surface area contributed by atoms with Crippen LogP contribution in [0.4, 0.5) is 13.2 Å². The predicted octanol–water partition coefficient (Wildman–Crippen LogP) is 4.80. The van der Waals surface area contributed by atoms with Crippen LogP contribution >= 0.6 is 0 Å². The van der Waals surface area contributed by atoms with Crippen molar-refractivity contribution in [3.05, 3.63) is 71.2 Å². The van der Waals surface area contributed by atoms with E-state index < -0.39 is 17.9 Å². The van der Waals surface area contributed by atoms with Gasteiger partial charge in [0.25, 0.3) is 6.43 Å². The van der Waals surface area contributed by atoms with Crippen LogP contribution in [0, 0.1) is 24.1 Å². The lowest BCUT2D eigenvalue weighted by Crippen LogP contribution is -2.00. The van der Waals surface area contributed by atoms with E-state index in [1.807, 2.05) is 25.1 Å². The summed E-state index contributed by atoms with van der Waals surface area (Å²) in [5.74, 6) is -0.447. The average molecular weight is 327 g/mol. The fraction of sp³-hybridized carbons (Fsp3) is 0.111. The van der Waals surface area contributed by atoms with Crippen molar-refractivity contribution in [2.45, 2.75) is 13.3 Å². The molecule has 3 aromatic rings. The maximum absolute atomic E-state index is 13.3. The number of hydrogen-bond donors (Lipinski definition) is 0. The van der Waals surface area contributed by atoms with Crippen LogP contribution in [0.3, 0.4) is 0 Å². The molecule has 24 heavy (non-hydrogen) atoms. The predicted molar refractivity (Wildman–Crippen MR) is 83.4 cm³/mol. The van der Waals surface area contributed by atoms with Crippen LogP contribution in [0.1, 0.15) is 23.2 Å². The minimum atomic E-state index is -2.88. The standard InChI is InChI=1S/C18H12F3N3/c1-11-2-4-12(5-3-11)17-15(10-22)16(18(20)21)23-24(17)14-8-6-13(19)7-9-14/h2-9,18H,1H3. The van der Waals surface area contributed by atoms with Gasteiger partial charge in [-0.1, -0.05) is 29.8 Å². The zero-order valence-corrected chi connectivity index (χ0v) is 12.7. The number of hydrogen-bond acceptors (Lipinski definition) is 2. The van der Waals surface area contributed by atoms with Gasteiger partial charge in [0.05, 0.1) is 11.4 Å². The Hall–Kier alpha value is -3.07. The van der Waals surface area contributed by atoms with Crippen molar-refractivity contribution in [3.63, 3.8) is 0 Å². The zero-order valence-electron chi connectivity index (χ0n) is 12.7. The molecule has 120 valence electrons. The number of aromatic nitrogens is 2. The summed E-state index contributed by atoms with van der Waals surface area (Å²) in [6, 6.07) is 14.2. The van der Waals surface area contributed by atoms with Crippen LogP contribution in [0.15, 0.2) is 48.5 Å². The molecule has 0 aliphatic rings. The van der Waals surface area contributed by atoms with E-state index in [1.165, 1.54) is 28.9 Å². The minimum Gasteiger partial charge on any atom is -0.231 e. The fourth-order valence-corrected chi connectivity index (χ4v) is 2.45. The van der Waals surface area contributed by atoms with E-state index >= 15 is 0 Å². The van der Waals surface area contributed by atoms with Gasteiger partial charge in [0.2, 0.25) is 0 Å². The topological polar surface area (TPSA) is 41.6 Å². The van der Waals surface area contributed by atoms with Gasteiger partial charge in [0, 0.05) is 5.56 Å². The van der Waals surface area contributed by atoms with Crippen LogP contribution in [0.2, 0.25) is 0 Å². The lowest BCUT2D eigenvalue weighted by Gasteiger charge is -2.08. The van der Waals surface area contributed by atoms with Gasteiger partial charge >= 0.3 is 0 Å². The van der Waals surface area contributed by atoms with E-state index in [-0.39, 0.29) is 11.3 Å². The second-order valence-corrected chi connectivity index (χ2v) is 5.28. The van der Waals surface area contributed by atoms with Crippen LogP contribution in [-0.2, 0) is 0 Å². The summed E-state index contributed by atoms with van der Waals surface area (Å²) in [5.41, 5.74) is 1.48. The maximum atomic E-state index is 13.3. The molecule has 3 rings (SSSR count). The van der Waals surface area contributed by atoms with Gasteiger partial charge in [-0.15, -0.1) is 0 Å².